The molecule has 1 saturated carbocycles. The van der Waals surface area contributed by atoms with Crippen LogP contribution in [0.4, 0.5) is 10.5 Å². The largest absolute Gasteiger partial charge is 0.481 e. The van der Waals surface area contributed by atoms with Crippen molar-refractivity contribution in [2.75, 3.05) is 11.9 Å². The van der Waals surface area contributed by atoms with E-state index in [4.69, 9.17) is 5.11 Å². The molecule has 0 bridgehead atoms. The second kappa shape index (κ2) is 6.16. The number of carboxylic acids is 1. The first kappa shape index (κ1) is 15.4. The molecule has 0 radical (unpaired) electrons. The van der Waals surface area contributed by atoms with E-state index in [2.05, 4.69) is 10.6 Å². The van der Waals surface area contributed by atoms with E-state index in [-0.39, 0.29) is 17.9 Å². The Kier molecular flexibility index (Phi) is 4.50. The third kappa shape index (κ3) is 3.97. The Hall–Kier alpha value is -2.04. The van der Waals surface area contributed by atoms with E-state index in [0.29, 0.717) is 6.54 Å². The summed E-state index contributed by atoms with van der Waals surface area (Å²) >= 11 is 0. The van der Waals surface area contributed by atoms with Gasteiger partial charge < -0.3 is 15.7 Å². The zero-order valence-corrected chi connectivity index (χ0v) is 12.5. The lowest BCUT2D eigenvalue weighted by Gasteiger charge is -2.40. The SMILES string of the molecule is Cc1ccc(NC(=O)NCC2(CC(=O)O)CCC2)cc1C. The van der Waals surface area contributed by atoms with Gasteiger partial charge in [0, 0.05) is 12.2 Å². The minimum atomic E-state index is -0.800. The Labute approximate surface area is 124 Å². The molecule has 2 rings (SSSR count). The summed E-state index contributed by atoms with van der Waals surface area (Å²) in [6, 6.07) is 5.46. The topological polar surface area (TPSA) is 78.4 Å². The van der Waals surface area contributed by atoms with Gasteiger partial charge in [-0.3, -0.25) is 4.79 Å². The standard InChI is InChI=1S/C16H22N2O3/c1-11-4-5-13(8-12(11)2)18-15(21)17-10-16(6-3-7-16)9-14(19)20/h4-5,8H,3,6-7,9-10H2,1-2H3,(H,19,20)(H2,17,18,21). The molecule has 1 aromatic rings. The Morgan fingerprint density at radius 3 is 2.48 bits per heavy atom. The molecule has 0 heterocycles. The highest BCUT2D eigenvalue weighted by Gasteiger charge is 2.39. The summed E-state index contributed by atoms with van der Waals surface area (Å²) in [6.45, 7) is 4.43. The van der Waals surface area contributed by atoms with Crippen LogP contribution in [0.3, 0.4) is 0 Å². The van der Waals surface area contributed by atoms with Gasteiger partial charge in [-0.15, -0.1) is 0 Å². The average molecular weight is 290 g/mol. The summed E-state index contributed by atoms with van der Waals surface area (Å²) in [5.41, 5.74) is 2.79. The van der Waals surface area contributed by atoms with Gasteiger partial charge in [-0.2, -0.15) is 0 Å². The smallest absolute Gasteiger partial charge is 0.319 e. The zero-order chi connectivity index (χ0) is 15.5. The number of carbonyl (C=O) groups is 2. The van der Waals surface area contributed by atoms with Gasteiger partial charge in [-0.25, -0.2) is 4.79 Å². The van der Waals surface area contributed by atoms with E-state index in [1.165, 1.54) is 5.56 Å². The third-order valence-corrected chi connectivity index (χ3v) is 4.33. The summed E-state index contributed by atoms with van der Waals surface area (Å²) in [5, 5.41) is 14.5. The van der Waals surface area contributed by atoms with Crippen LogP contribution in [0.2, 0.25) is 0 Å². The second-order valence-corrected chi connectivity index (χ2v) is 6.03. The molecule has 0 aliphatic heterocycles. The molecule has 1 aliphatic rings. The Bertz CT molecular complexity index is 550. The van der Waals surface area contributed by atoms with Crippen molar-refractivity contribution in [2.45, 2.75) is 39.5 Å². The van der Waals surface area contributed by atoms with Crippen LogP contribution in [-0.4, -0.2) is 23.7 Å². The predicted molar refractivity (Wildman–Crippen MR) is 81.5 cm³/mol. The van der Waals surface area contributed by atoms with Crippen molar-refractivity contribution < 1.29 is 14.7 Å². The fourth-order valence-corrected chi connectivity index (χ4v) is 2.68. The van der Waals surface area contributed by atoms with Crippen LogP contribution in [0.5, 0.6) is 0 Å². The van der Waals surface area contributed by atoms with Gasteiger partial charge in [0.25, 0.3) is 0 Å². The summed E-state index contributed by atoms with van der Waals surface area (Å²) < 4.78 is 0. The van der Waals surface area contributed by atoms with E-state index in [0.717, 1.165) is 30.5 Å². The highest BCUT2D eigenvalue weighted by Crippen LogP contribution is 2.43. The molecular weight excluding hydrogens is 268 g/mol. The summed E-state index contributed by atoms with van der Waals surface area (Å²) in [6.07, 6.45) is 2.89. The number of benzene rings is 1. The number of anilines is 1. The third-order valence-electron chi connectivity index (χ3n) is 4.33. The number of hydrogen-bond donors (Lipinski definition) is 3. The molecule has 0 spiro atoms. The Morgan fingerprint density at radius 1 is 1.24 bits per heavy atom. The van der Waals surface area contributed by atoms with Gasteiger partial charge in [-0.05, 0) is 55.4 Å². The van der Waals surface area contributed by atoms with Crippen molar-refractivity contribution >= 4 is 17.7 Å². The van der Waals surface area contributed by atoms with Crippen LogP contribution in [0.15, 0.2) is 18.2 Å². The molecule has 1 aliphatic carbocycles. The number of nitrogens with one attached hydrogen (secondary N) is 2. The van der Waals surface area contributed by atoms with Gasteiger partial charge in [0.1, 0.15) is 0 Å². The van der Waals surface area contributed by atoms with E-state index in [1.54, 1.807) is 0 Å². The van der Waals surface area contributed by atoms with E-state index >= 15 is 0 Å². The van der Waals surface area contributed by atoms with Crippen molar-refractivity contribution in [3.63, 3.8) is 0 Å². The maximum atomic E-state index is 11.9. The molecule has 0 atom stereocenters. The molecule has 5 nitrogen and oxygen atoms in total. The molecule has 0 aromatic heterocycles. The lowest BCUT2D eigenvalue weighted by Crippen LogP contribution is -2.44. The lowest BCUT2D eigenvalue weighted by molar-refractivity contribution is -0.141. The summed E-state index contributed by atoms with van der Waals surface area (Å²) in [5.74, 6) is -0.800. The van der Waals surface area contributed by atoms with Gasteiger partial charge in [-0.1, -0.05) is 12.5 Å². The second-order valence-electron chi connectivity index (χ2n) is 6.03. The molecular formula is C16H22N2O3. The Morgan fingerprint density at radius 2 is 1.95 bits per heavy atom. The number of amides is 2. The van der Waals surface area contributed by atoms with Crippen molar-refractivity contribution in [3.05, 3.63) is 29.3 Å². The zero-order valence-electron chi connectivity index (χ0n) is 12.5. The predicted octanol–water partition coefficient (Wildman–Crippen LogP) is 3.07. The number of aryl methyl sites for hydroxylation is 2. The molecule has 0 saturated heterocycles. The first-order valence-corrected chi connectivity index (χ1v) is 7.24. The van der Waals surface area contributed by atoms with Gasteiger partial charge in [0.2, 0.25) is 0 Å². The summed E-state index contributed by atoms with van der Waals surface area (Å²) in [4.78, 5) is 22.8. The minimum absolute atomic E-state index is 0.122. The monoisotopic (exact) mass is 290 g/mol. The van der Waals surface area contributed by atoms with Crippen LogP contribution in [0.25, 0.3) is 0 Å². The molecule has 5 heteroatoms. The molecule has 21 heavy (non-hydrogen) atoms. The first-order chi connectivity index (χ1) is 9.90. The van der Waals surface area contributed by atoms with Gasteiger partial charge in [0.05, 0.1) is 6.42 Å². The highest BCUT2D eigenvalue weighted by atomic mass is 16.4. The van der Waals surface area contributed by atoms with Crippen LogP contribution in [-0.2, 0) is 4.79 Å². The molecule has 3 N–H and O–H groups in total. The van der Waals surface area contributed by atoms with Crippen LogP contribution >= 0.6 is 0 Å². The van der Waals surface area contributed by atoms with E-state index < -0.39 is 5.97 Å². The fourth-order valence-electron chi connectivity index (χ4n) is 2.68. The summed E-state index contributed by atoms with van der Waals surface area (Å²) in [7, 11) is 0. The Balaban J connectivity index is 1.87. The average Bonchev–Trinajstić information content (AvgIpc) is 2.36. The fraction of sp³-hybridized carbons (Fsp3) is 0.500. The quantitative estimate of drug-likeness (QED) is 0.779. The molecule has 1 fully saturated rings. The minimum Gasteiger partial charge on any atom is -0.481 e. The van der Waals surface area contributed by atoms with E-state index in [9.17, 15) is 9.59 Å². The van der Waals surface area contributed by atoms with Crippen molar-refractivity contribution in [1.29, 1.82) is 0 Å². The van der Waals surface area contributed by atoms with E-state index in [1.807, 2.05) is 32.0 Å². The first-order valence-electron chi connectivity index (χ1n) is 7.24. The van der Waals surface area contributed by atoms with Gasteiger partial charge in [0.15, 0.2) is 0 Å². The molecule has 114 valence electrons. The van der Waals surface area contributed by atoms with Crippen LogP contribution in [0, 0.1) is 19.3 Å². The number of urea groups is 1. The number of carbonyl (C=O) groups excluding carboxylic acids is 1. The number of hydrogen-bond acceptors (Lipinski definition) is 2. The van der Waals surface area contributed by atoms with Crippen LogP contribution in [0.1, 0.15) is 36.8 Å². The number of carboxylic acid groups (broad SMARTS) is 1. The maximum Gasteiger partial charge on any atom is 0.319 e. The highest BCUT2D eigenvalue weighted by molar-refractivity contribution is 5.89. The van der Waals surface area contributed by atoms with Gasteiger partial charge >= 0.3 is 12.0 Å². The lowest BCUT2D eigenvalue weighted by atomic mass is 9.66. The van der Waals surface area contributed by atoms with Crippen molar-refractivity contribution in [3.8, 4) is 0 Å². The van der Waals surface area contributed by atoms with Crippen molar-refractivity contribution in [1.82, 2.24) is 5.32 Å². The molecule has 2 amide bonds. The van der Waals surface area contributed by atoms with Crippen molar-refractivity contribution in [2.24, 2.45) is 5.41 Å². The molecule has 0 unspecified atom stereocenters. The normalized spacial score (nSPS) is 15.9. The number of aliphatic carboxylic acids is 1. The van der Waals surface area contributed by atoms with Crippen LogP contribution < -0.4 is 10.6 Å². The maximum absolute atomic E-state index is 11.9. The molecule has 1 aromatic carbocycles. The number of rotatable bonds is 5.